The van der Waals surface area contributed by atoms with E-state index in [0.29, 0.717) is 11.8 Å². The van der Waals surface area contributed by atoms with Crippen LogP contribution in [0.5, 0.6) is 5.75 Å². The van der Waals surface area contributed by atoms with Crippen LogP contribution in [0.1, 0.15) is 32.5 Å². The fraction of sp³-hybridized carbons (Fsp3) is 0.421. The molecule has 2 aromatic heterocycles. The summed E-state index contributed by atoms with van der Waals surface area (Å²) >= 11 is 0. The Morgan fingerprint density at radius 3 is 2.61 bits per heavy atom. The molecule has 0 aliphatic carbocycles. The van der Waals surface area contributed by atoms with Crippen LogP contribution in [0.4, 0.5) is 0 Å². The summed E-state index contributed by atoms with van der Waals surface area (Å²) in [6, 6.07) is 8.01. The number of likely N-dealkylation sites (N-methyl/N-ethyl adjacent to an activating group) is 1. The van der Waals surface area contributed by atoms with E-state index in [1.54, 1.807) is 6.07 Å². The third-order valence-corrected chi connectivity index (χ3v) is 4.74. The molecule has 0 aliphatic heterocycles. The average Bonchev–Trinajstić information content (AvgIpc) is 2.87. The Morgan fingerprint density at radius 1 is 1.17 bits per heavy atom. The third-order valence-electron chi connectivity index (χ3n) is 4.74. The number of phenols is 1. The van der Waals surface area contributed by atoms with Crippen LogP contribution >= 0.6 is 0 Å². The molecule has 0 amide bonds. The summed E-state index contributed by atoms with van der Waals surface area (Å²) in [6.45, 7) is 11.8. The van der Waals surface area contributed by atoms with Gasteiger partial charge in [0.25, 0.3) is 0 Å². The van der Waals surface area contributed by atoms with Crippen molar-refractivity contribution in [2.75, 3.05) is 19.6 Å². The fourth-order valence-corrected chi connectivity index (χ4v) is 3.54. The summed E-state index contributed by atoms with van der Waals surface area (Å²) < 4.78 is 2.34. The number of rotatable bonds is 5. The van der Waals surface area contributed by atoms with E-state index in [0.717, 1.165) is 30.8 Å². The van der Waals surface area contributed by atoms with E-state index in [-0.39, 0.29) is 0 Å². The van der Waals surface area contributed by atoms with Gasteiger partial charge in [0.15, 0.2) is 0 Å². The number of hydrogen-bond acceptors (Lipinski definition) is 3. The van der Waals surface area contributed by atoms with E-state index >= 15 is 0 Å². The van der Waals surface area contributed by atoms with E-state index in [9.17, 15) is 5.11 Å². The van der Waals surface area contributed by atoms with Gasteiger partial charge >= 0.3 is 0 Å². The second-order valence-corrected chi connectivity index (χ2v) is 6.20. The van der Waals surface area contributed by atoms with Crippen LogP contribution < -0.4 is 0 Å². The average molecular weight is 311 g/mol. The Kier molecular flexibility index (Phi) is 4.26. The summed E-state index contributed by atoms with van der Waals surface area (Å²) in [4.78, 5) is 6.92. The maximum atomic E-state index is 9.97. The Balaban J connectivity index is 2.25. The van der Waals surface area contributed by atoms with Crippen molar-refractivity contribution < 1.29 is 5.11 Å². The molecule has 0 aliphatic rings. The molecule has 0 radical (unpaired) electrons. The maximum Gasteiger partial charge on any atom is 0.117 e. The van der Waals surface area contributed by atoms with E-state index in [1.807, 2.05) is 18.3 Å². The molecule has 0 saturated carbocycles. The molecule has 4 nitrogen and oxygen atoms in total. The van der Waals surface area contributed by atoms with Gasteiger partial charge in [-0.05, 0) is 45.1 Å². The zero-order valence-electron chi connectivity index (χ0n) is 14.4. The van der Waals surface area contributed by atoms with Gasteiger partial charge in [-0.1, -0.05) is 13.8 Å². The Bertz CT molecular complexity index is 833. The van der Waals surface area contributed by atoms with Crippen molar-refractivity contribution in [3.05, 3.63) is 36.2 Å². The van der Waals surface area contributed by atoms with Crippen LogP contribution in [0.3, 0.4) is 0 Å². The standard InChI is InChI=1S/C19H25N3O/c1-5-21(6-2)12-13(3)22-18-11-15(23)7-8-16(18)17-9-10-20-14(4)19(17)22/h7-11,13,23H,5-6,12H2,1-4H3. The number of aromatic nitrogens is 2. The van der Waals surface area contributed by atoms with E-state index in [1.165, 1.54) is 16.3 Å². The lowest BCUT2D eigenvalue weighted by molar-refractivity contribution is 0.265. The lowest BCUT2D eigenvalue weighted by Crippen LogP contribution is -2.29. The van der Waals surface area contributed by atoms with Crippen molar-refractivity contribution >= 4 is 21.8 Å². The molecule has 0 saturated heterocycles. The highest BCUT2D eigenvalue weighted by Crippen LogP contribution is 2.34. The predicted molar refractivity (Wildman–Crippen MR) is 96.1 cm³/mol. The highest BCUT2D eigenvalue weighted by molar-refractivity contribution is 6.09. The second kappa shape index (κ2) is 6.20. The molecule has 23 heavy (non-hydrogen) atoms. The number of pyridine rings is 1. The molecular formula is C19H25N3O. The monoisotopic (exact) mass is 311 g/mol. The van der Waals surface area contributed by atoms with E-state index in [4.69, 9.17) is 0 Å². The zero-order chi connectivity index (χ0) is 16.6. The molecule has 0 fully saturated rings. The van der Waals surface area contributed by atoms with Gasteiger partial charge in [0, 0.05) is 35.6 Å². The molecule has 0 bridgehead atoms. The maximum absolute atomic E-state index is 9.97. The number of aryl methyl sites for hydroxylation is 1. The van der Waals surface area contributed by atoms with Gasteiger partial charge < -0.3 is 14.6 Å². The third kappa shape index (κ3) is 2.68. The summed E-state index contributed by atoms with van der Waals surface area (Å²) in [6.07, 6.45) is 1.86. The number of fused-ring (bicyclic) bond motifs is 3. The Hall–Kier alpha value is -2.07. The van der Waals surface area contributed by atoms with Gasteiger partial charge in [-0.15, -0.1) is 0 Å². The summed E-state index contributed by atoms with van der Waals surface area (Å²) in [7, 11) is 0. The van der Waals surface area contributed by atoms with Gasteiger partial charge in [-0.2, -0.15) is 0 Å². The van der Waals surface area contributed by atoms with Crippen molar-refractivity contribution in [3.63, 3.8) is 0 Å². The SMILES string of the molecule is CCN(CC)CC(C)n1c2cc(O)ccc2c2ccnc(C)c21. The highest BCUT2D eigenvalue weighted by Gasteiger charge is 2.18. The molecular weight excluding hydrogens is 286 g/mol. The number of aromatic hydroxyl groups is 1. The topological polar surface area (TPSA) is 41.3 Å². The number of benzene rings is 1. The summed E-state index contributed by atoms with van der Waals surface area (Å²) in [5, 5.41) is 12.3. The Morgan fingerprint density at radius 2 is 1.91 bits per heavy atom. The minimum Gasteiger partial charge on any atom is -0.508 e. The van der Waals surface area contributed by atoms with Gasteiger partial charge in [-0.25, -0.2) is 0 Å². The van der Waals surface area contributed by atoms with Crippen molar-refractivity contribution in [1.29, 1.82) is 0 Å². The number of hydrogen-bond donors (Lipinski definition) is 1. The van der Waals surface area contributed by atoms with Gasteiger partial charge in [-0.3, -0.25) is 4.98 Å². The van der Waals surface area contributed by atoms with Crippen molar-refractivity contribution in [3.8, 4) is 5.75 Å². The minimum atomic E-state index is 0.305. The first-order valence-electron chi connectivity index (χ1n) is 8.37. The van der Waals surface area contributed by atoms with E-state index in [2.05, 4.69) is 48.2 Å². The van der Waals surface area contributed by atoms with Crippen LogP contribution in [0, 0.1) is 6.92 Å². The van der Waals surface area contributed by atoms with Crippen molar-refractivity contribution in [2.45, 2.75) is 33.7 Å². The largest absolute Gasteiger partial charge is 0.508 e. The molecule has 1 N–H and O–H groups in total. The van der Waals surface area contributed by atoms with Gasteiger partial charge in [0.1, 0.15) is 5.75 Å². The smallest absolute Gasteiger partial charge is 0.117 e. The molecule has 0 spiro atoms. The molecule has 1 atom stereocenters. The highest BCUT2D eigenvalue weighted by atomic mass is 16.3. The summed E-state index contributed by atoms with van der Waals surface area (Å²) in [5.74, 6) is 0.308. The first kappa shape index (κ1) is 15.8. The van der Waals surface area contributed by atoms with Crippen molar-refractivity contribution in [2.24, 2.45) is 0 Å². The first-order valence-corrected chi connectivity index (χ1v) is 8.37. The molecule has 3 aromatic rings. The van der Waals surface area contributed by atoms with E-state index < -0.39 is 0 Å². The van der Waals surface area contributed by atoms with Crippen LogP contribution in [-0.4, -0.2) is 39.2 Å². The van der Waals surface area contributed by atoms with Crippen LogP contribution in [-0.2, 0) is 0 Å². The number of nitrogens with zero attached hydrogens (tertiary/aromatic N) is 3. The lowest BCUT2D eigenvalue weighted by Gasteiger charge is -2.25. The van der Waals surface area contributed by atoms with Gasteiger partial charge in [0.2, 0.25) is 0 Å². The normalized spacial score (nSPS) is 13.3. The first-order chi connectivity index (χ1) is 11.1. The predicted octanol–water partition coefficient (Wildman–Crippen LogP) is 4.11. The summed E-state index contributed by atoms with van der Waals surface area (Å²) in [5.41, 5.74) is 3.29. The lowest BCUT2D eigenvalue weighted by atomic mass is 10.1. The number of phenolic OH excluding ortho intramolecular Hbond substituents is 1. The van der Waals surface area contributed by atoms with Crippen LogP contribution in [0.2, 0.25) is 0 Å². The molecule has 1 aromatic carbocycles. The van der Waals surface area contributed by atoms with Crippen LogP contribution in [0.15, 0.2) is 30.5 Å². The van der Waals surface area contributed by atoms with Crippen molar-refractivity contribution in [1.82, 2.24) is 14.5 Å². The molecule has 4 heteroatoms. The minimum absolute atomic E-state index is 0.305. The molecule has 1 unspecified atom stereocenters. The zero-order valence-corrected chi connectivity index (χ0v) is 14.4. The molecule has 2 heterocycles. The van der Waals surface area contributed by atoms with Gasteiger partial charge in [0.05, 0.1) is 16.7 Å². The quantitative estimate of drug-likeness (QED) is 0.771. The second-order valence-electron chi connectivity index (χ2n) is 6.20. The Labute approximate surface area is 137 Å². The fourth-order valence-electron chi connectivity index (χ4n) is 3.54. The molecule has 3 rings (SSSR count). The molecule has 122 valence electrons. The van der Waals surface area contributed by atoms with Crippen LogP contribution in [0.25, 0.3) is 21.8 Å².